The van der Waals surface area contributed by atoms with E-state index in [1.165, 1.54) is 32.4 Å². The normalized spacial score (nSPS) is 21.1. The molecule has 0 spiro atoms. The summed E-state index contributed by atoms with van der Waals surface area (Å²) in [6.45, 7) is 11.2. The third-order valence-electron chi connectivity index (χ3n) is 2.59. The fourth-order valence-electron chi connectivity index (χ4n) is 1.72. The van der Waals surface area contributed by atoms with Crippen LogP contribution in [0.3, 0.4) is 0 Å². The van der Waals surface area contributed by atoms with Crippen molar-refractivity contribution in [1.82, 2.24) is 4.90 Å². The van der Waals surface area contributed by atoms with E-state index in [0.29, 0.717) is 6.04 Å². The van der Waals surface area contributed by atoms with Crippen LogP contribution in [-0.4, -0.2) is 24.0 Å². The maximum Gasteiger partial charge on any atom is 0.0686 e. The number of hydrogen-bond donors (Lipinski definition) is 0. The van der Waals surface area contributed by atoms with Gasteiger partial charge >= 0.3 is 0 Å². The number of hydrogen-bond acceptors (Lipinski definition) is 1. The Morgan fingerprint density at radius 1 is 1.07 bits per heavy atom. The van der Waals surface area contributed by atoms with Gasteiger partial charge in [0, 0.05) is 5.41 Å². The summed E-state index contributed by atoms with van der Waals surface area (Å²) in [4.78, 5) is 2.50. The lowest BCUT2D eigenvalue weighted by Crippen LogP contribution is -2.36. The molecule has 1 nitrogen and oxygen atoms in total. The highest BCUT2D eigenvalue weighted by molar-refractivity contribution is 5.12. The Labute approximate surface area is 88.9 Å². The van der Waals surface area contributed by atoms with Crippen molar-refractivity contribution in [2.45, 2.75) is 53.0 Å². The van der Waals surface area contributed by atoms with Crippen molar-refractivity contribution in [3.63, 3.8) is 0 Å². The monoisotopic (exact) mass is 193 g/mol. The van der Waals surface area contributed by atoms with E-state index in [2.05, 4.69) is 44.4 Å². The van der Waals surface area contributed by atoms with Gasteiger partial charge in [-0.05, 0) is 53.6 Å². The first-order chi connectivity index (χ1) is 6.49. The predicted molar refractivity (Wildman–Crippen MR) is 62.1 cm³/mol. The molecule has 1 aliphatic rings. The Kier molecular flexibility index (Phi) is 4.01. The molecule has 1 aliphatic heterocycles. The smallest absolute Gasteiger partial charge is 0.0686 e. The van der Waals surface area contributed by atoms with Crippen LogP contribution in [0.15, 0.2) is 0 Å². The average Bonchev–Trinajstić information content (AvgIpc) is 2.14. The van der Waals surface area contributed by atoms with E-state index in [0.717, 1.165) is 0 Å². The zero-order valence-electron chi connectivity index (χ0n) is 10.1. The summed E-state index contributed by atoms with van der Waals surface area (Å²) >= 11 is 0. The highest BCUT2D eigenvalue weighted by Crippen LogP contribution is 2.13. The summed E-state index contributed by atoms with van der Waals surface area (Å²) in [6, 6.07) is 0.439. The molecule has 80 valence electrons. The van der Waals surface area contributed by atoms with Crippen LogP contribution in [0, 0.1) is 17.3 Å². The van der Waals surface area contributed by atoms with Gasteiger partial charge in [-0.3, -0.25) is 4.90 Å². The van der Waals surface area contributed by atoms with Crippen molar-refractivity contribution in [3.05, 3.63) is 0 Å². The lowest BCUT2D eigenvalue weighted by atomic mass is 9.97. The summed E-state index contributed by atoms with van der Waals surface area (Å²) in [5.41, 5.74) is 0.143. The van der Waals surface area contributed by atoms with Crippen molar-refractivity contribution in [2.24, 2.45) is 5.41 Å². The summed E-state index contributed by atoms with van der Waals surface area (Å²) < 4.78 is 0. The Morgan fingerprint density at radius 3 is 2.14 bits per heavy atom. The van der Waals surface area contributed by atoms with Crippen molar-refractivity contribution >= 4 is 0 Å². The average molecular weight is 193 g/mol. The second-order valence-corrected chi connectivity index (χ2v) is 5.29. The summed E-state index contributed by atoms with van der Waals surface area (Å²) in [5, 5.41) is 0. The number of piperidine rings is 1. The molecule has 0 radical (unpaired) electrons. The fourth-order valence-corrected chi connectivity index (χ4v) is 1.72. The molecule has 0 aliphatic carbocycles. The number of rotatable bonds is 1. The first kappa shape index (κ1) is 11.6. The quantitative estimate of drug-likeness (QED) is 0.579. The molecular formula is C13H23N. The molecular weight excluding hydrogens is 170 g/mol. The van der Waals surface area contributed by atoms with Gasteiger partial charge in [0.2, 0.25) is 0 Å². The molecule has 0 aromatic heterocycles. The number of nitrogens with zero attached hydrogens (tertiary/aromatic N) is 1. The predicted octanol–water partition coefficient (Wildman–Crippen LogP) is 2.91. The van der Waals surface area contributed by atoms with Gasteiger partial charge in [0.15, 0.2) is 0 Å². The van der Waals surface area contributed by atoms with E-state index < -0.39 is 0 Å². The van der Waals surface area contributed by atoms with Crippen molar-refractivity contribution in [3.8, 4) is 11.8 Å². The maximum atomic E-state index is 3.37. The van der Waals surface area contributed by atoms with Gasteiger partial charge in [-0.2, -0.15) is 0 Å². The maximum absolute atomic E-state index is 3.37. The third-order valence-corrected chi connectivity index (χ3v) is 2.59. The Balaban J connectivity index is 2.46. The molecule has 1 saturated heterocycles. The van der Waals surface area contributed by atoms with Crippen LogP contribution in [0.25, 0.3) is 0 Å². The first-order valence-corrected chi connectivity index (χ1v) is 5.76. The molecule has 1 rings (SSSR count). The zero-order valence-corrected chi connectivity index (χ0v) is 10.1. The van der Waals surface area contributed by atoms with E-state index in [1.54, 1.807) is 0 Å². The molecule has 0 N–H and O–H groups in total. The highest BCUT2D eigenvalue weighted by Gasteiger charge is 2.14. The molecule has 0 amide bonds. The minimum atomic E-state index is 0.143. The first-order valence-electron chi connectivity index (χ1n) is 5.76. The highest BCUT2D eigenvalue weighted by atomic mass is 15.1. The number of likely N-dealkylation sites (tertiary alicyclic amines) is 1. The molecule has 0 aromatic rings. The molecule has 0 saturated carbocycles. The zero-order chi connectivity index (χ0) is 10.6. The molecule has 1 atom stereocenters. The van der Waals surface area contributed by atoms with Crippen molar-refractivity contribution in [1.29, 1.82) is 0 Å². The van der Waals surface area contributed by atoms with Crippen LogP contribution in [0.2, 0.25) is 0 Å². The van der Waals surface area contributed by atoms with E-state index >= 15 is 0 Å². The summed E-state index contributed by atoms with van der Waals surface area (Å²) in [5.74, 6) is 6.70. The second-order valence-electron chi connectivity index (χ2n) is 5.29. The van der Waals surface area contributed by atoms with Crippen LogP contribution < -0.4 is 0 Å². The van der Waals surface area contributed by atoms with Gasteiger partial charge in [-0.1, -0.05) is 18.3 Å². The Bertz CT molecular complexity index is 220. The minimum Gasteiger partial charge on any atom is -0.290 e. The van der Waals surface area contributed by atoms with E-state index in [4.69, 9.17) is 0 Å². The van der Waals surface area contributed by atoms with Crippen LogP contribution in [-0.2, 0) is 0 Å². The fraction of sp³-hybridized carbons (Fsp3) is 0.846. The van der Waals surface area contributed by atoms with Crippen LogP contribution in [0.5, 0.6) is 0 Å². The Morgan fingerprint density at radius 2 is 1.64 bits per heavy atom. The van der Waals surface area contributed by atoms with Crippen LogP contribution >= 0.6 is 0 Å². The summed E-state index contributed by atoms with van der Waals surface area (Å²) in [7, 11) is 0. The van der Waals surface area contributed by atoms with Gasteiger partial charge in [0.25, 0.3) is 0 Å². The molecule has 1 heterocycles. The van der Waals surface area contributed by atoms with Gasteiger partial charge < -0.3 is 0 Å². The largest absolute Gasteiger partial charge is 0.290 e. The molecule has 1 fully saturated rings. The van der Waals surface area contributed by atoms with Crippen molar-refractivity contribution < 1.29 is 0 Å². The minimum absolute atomic E-state index is 0.143. The Hall–Kier alpha value is -0.480. The molecule has 1 heteroatoms. The lowest BCUT2D eigenvalue weighted by Gasteiger charge is -2.29. The van der Waals surface area contributed by atoms with Crippen molar-refractivity contribution in [2.75, 3.05) is 13.1 Å². The van der Waals surface area contributed by atoms with Gasteiger partial charge in [0.1, 0.15) is 0 Å². The topological polar surface area (TPSA) is 3.24 Å². The van der Waals surface area contributed by atoms with Gasteiger partial charge in [0.05, 0.1) is 6.04 Å². The van der Waals surface area contributed by atoms with Crippen LogP contribution in [0.4, 0.5) is 0 Å². The summed E-state index contributed by atoms with van der Waals surface area (Å²) in [6.07, 6.45) is 4.10. The van der Waals surface area contributed by atoms with Gasteiger partial charge in [-0.25, -0.2) is 0 Å². The second kappa shape index (κ2) is 4.84. The van der Waals surface area contributed by atoms with E-state index in [1.807, 2.05) is 0 Å². The van der Waals surface area contributed by atoms with Gasteiger partial charge in [-0.15, -0.1) is 0 Å². The molecule has 0 bridgehead atoms. The van der Waals surface area contributed by atoms with E-state index in [-0.39, 0.29) is 5.41 Å². The third kappa shape index (κ3) is 4.15. The van der Waals surface area contributed by atoms with Crippen LogP contribution in [0.1, 0.15) is 47.0 Å². The van der Waals surface area contributed by atoms with E-state index in [9.17, 15) is 0 Å². The standard InChI is InChI=1S/C13H23N/c1-12(8-9-13(2,3)4)14-10-6-5-7-11-14/h12H,5-7,10-11H2,1-4H3/t12-/m0/s1. The molecule has 0 aromatic carbocycles. The molecule has 14 heavy (non-hydrogen) atoms. The lowest BCUT2D eigenvalue weighted by molar-refractivity contribution is 0.206. The molecule has 0 unspecified atom stereocenters. The SMILES string of the molecule is C[C@@H](C#CC(C)(C)C)N1CCCCC1.